The number of allylic oxidation sites excluding steroid dienone is 1. The molecule has 1 amide bonds. The van der Waals surface area contributed by atoms with Crippen LogP contribution in [0.15, 0.2) is 29.8 Å². The lowest BCUT2D eigenvalue weighted by Gasteiger charge is -2.07. The Hall–Kier alpha value is -1.84. The second-order valence-corrected chi connectivity index (χ2v) is 3.60. The SMILES string of the molecule is CC/C=C(\C)C(=O)Nc1ccc(OC)c(F)c1. The summed E-state index contributed by atoms with van der Waals surface area (Å²) in [5.41, 5.74) is 1.03. The maximum absolute atomic E-state index is 13.4. The first-order valence-electron chi connectivity index (χ1n) is 5.40. The lowest BCUT2D eigenvalue weighted by molar-refractivity contribution is -0.112. The van der Waals surface area contributed by atoms with Gasteiger partial charge < -0.3 is 10.1 Å². The number of ether oxygens (including phenoxy) is 1. The Morgan fingerprint density at radius 2 is 2.24 bits per heavy atom. The molecule has 4 heteroatoms. The van der Waals surface area contributed by atoms with Gasteiger partial charge in [-0.15, -0.1) is 0 Å². The monoisotopic (exact) mass is 237 g/mol. The van der Waals surface area contributed by atoms with Gasteiger partial charge in [-0.3, -0.25) is 4.79 Å². The average molecular weight is 237 g/mol. The van der Waals surface area contributed by atoms with Crippen LogP contribution in [0.25, 0.3) is 0 Å². The van der Waals surface area contributed by atoms with Crippen LogP contribution in [0.5, 0.6) is 5.75 Å². The van der Waals surface area contributed by atoms with E-state index in [1.54, 1.807) is 13.0 Å². The quantitative estimate of drug-likeness (QED) is 0.817. The molecule has 0 unspecified atom stereocenters. The molecule has 0 saturated heterocycles. The molecule has 0 aliphatic heterocycles. The van der Waals surface area contributed by atoms with Gasteiger partial charge in [0.05, 0.1) is 7.11 Å². The van der Waals surface area contributed by atoms with E-state index in [-0.39, 0.29) is 11.7 Å². The summed E-state index contributed by atoms with van der Waals surface area (Å²) in [6.45, 7) is 3.67. The van der Waals surface area contributed by atoms with Crippen molar-refractivity contribution in [2.75, 3.05) is 12.4 Å². The number of methoxy groups -OCH3 is 1. The fourth-order valence-electron chi connectivity index (χ4n) is 1.37. The van der Waals surface area contributed by atoms with Crippen molar-refractivity contribution in [3.63, 3.8) is 0 Å². The Kier molecular flexibility index (Phi) is 4.69. The summed E-state index contributed by atoms with van der Waals surface area (Å²) in [6.07, 6.45) is 2.60. The summed E-state index contributed by atoms with van der Waals surface area (Å²) in [5.74, 6) is -0.567. The predicted octanol–water partition coefficient (Wildman–Crippen LogP) is 3.13. The smallest absolute Gasteiger partial charge is 0.250 e. The van der Waals surface area contributed by atoms with E-state index >= 15 is 0 Å². The molecule has 0 spiro atoms. The first-order chi connectivity index (χ1) is 8.08. The molecule has 1 aromatic carbocycles. The minimum absolute atomic E-state index is 0.156. The molecular formula is C13H16FNO2. The standard InChI is InChI=1S/C13H16FNO2/c1-4-5-9(2)13(16)15-10-6-7-12(17-3)11(14)8-10/h5-8H,4H2,1-3H3,(H,15,16)/b9-5+. The maximum Gasteiger partial charge on any atom is 0.250 e. The van der Waals surface area contributed by atoms with Gasteiger partial charge in [-0.25, -0.2) is 4.39 Å². The van der Waals surface area contributed by atoms with Gasteiger partial charge in [0.25, 0.3) is 5.91 Å². The van der Waals surface area contributed by atoms with Crippen LogP contribution in [-0.4, -0.2) is 13.0 Å². The number of hydrogen-bond donors (Lipinski definition) is 1. The third-order valence-corrected chi connectivity index (χ3v) is 2.28. The highest BCUT2D eigenvalue weighted by molar-refractivity contribution is 6.03. The number of nitrogens with one attached hydrogen (secondary N) is 1. The zero-order chi connectivity index (χ0) is 12.8. The maximum atomic E-state index is 13.4. The number of carbonyl (C=O) groups excluding carboxylic acids is 1. The second kappa shape index (κ2) is 6.03. The van der Waals surface area contributed by atoms with Gasteiger partial charge in [-0.1, -0.05) is 13.0 Å². The largest absolute Gasteiger partial charge is 0.494 e. The Morgan fingerprint density at radius 3 is 2.76 bits per heavy atom. The van der Waals surface area contributed by atoms with Crippen LogP contribution in [0.3, 0.4) is 0 Å². The molecule has 92 valence electrons. The minimum Gasteiger partial charge on any atom is -0.494 e. The Bertz CT molecular complexity index is 441. The fraction of sp³-hybridized carbons (Fsp3) is 0.308. The van der Waals surface area contributed by atoms with Crippen molar-refractivity contribution in [1.29, 1.82) is 0 Å². The molecule has 1 N–H and O–H groups in total. The molecule has 0 aliphatic carbocycles. The molecule has 0 bridgehead atoms. The van der Waals surface area contributed by atoms with Gasteiger partial charge in [0, 0.05) is 17.3 Å². The predicted molar refractivity (Wildman–Crippen MR) is 65.6 cm³/mol. The number of rotatable bonds is 4. The number of carbonyl (C=O) groups is 1. The van der Waals surface area contributed by atoms with E-state index in [9.17, 15) is 9.18 Å². The van der Waals surface area contributed by atoms with Crippen LogP contribution in [0.1, 0.15) is 20.3 Å². The Balaban J connectivity index is 2.79. The van der Waals surface area contributed by atoms with E-state index in [0.717, 1.165) is 6.42 Å². The molecular weight excluding hydrogens is 221 g/mol. The van der Waals surface area contributed by atoms with E-state index in [0.29, 0.717) is 11.3 Å². The molecule has 0 aromatic heterocycles. The molecule has 3 nitrogen and oxygen atoms in total. The van der Waals surface area contributed by atoms with E-state index in [1.165, 1.54) is 19.2 Å². The lowest BCUT2D eigenvalue weighted by Crippen LogP contribution is -2.12. The van der Waals surface area contributed by atoms with Crippen molar-refractivity contribution < 1.29 is 13.9 Å². The summed E-state index contributed by atoms with van der Waals surface area (Å²) in [5, 5.41) is 2.62. The summed E-state index contributed by atoms with van der Waals surface area (Å²) >= 11 is 0. The number of anilines is 1. The third kappa shape index (κ3) is 3.59. The van der Waals surface area contributed by atoms with Crippen molar-refractivity contribution >= 4 is 11.6 Å². The normalized spacial score (nSPS) is 11.2. The lowest BCUT2D eigenvalue weighted by atomic mass is 10.2. The molecule has 0 aliphatic rings. The number of hydrogen-bond acceptors (Lipinski definition) is 2. The second-order valence-electron chi connectivity index (χ2n) is 3.60. The van der Waals surface area contributed by atoms with Crippen LogP contribution in [0.4, 0.5) is 10.1 Å². The Morgan fingerprint density at radius 1 is 1.53 bits per heavy atom. The molecule has 0 heterocycles. The van der Waals surface area contributed by atoms with E-state index in [2.05, 4.69) is 5.32 Å². The molecule has 0 saturated carbocycles. The number of amides is 1. The zero-order valence-corrected chi connectivity index (χ0v) is 10.2. The molecule has 0 atom stereocenters. The van der Waals surface area contributed by atoms with Crippen LogP contribution in [0.2, 0.25) is 0 Å². The molecule has 1 aromatic rings. The molecule has 17 heavy (non-hydrogen) atoms. The van der Waals surface area contributed by atoms with Crippen LogP contribution in [-0.2, 0) is 4.79 Å². The number of halogens is 1. The van der Waals surface area contributed by atoms with Crippen molar-refractivity contribution in [1.82, 2.24) is 0 Å². The molecule has 1 rings (SSSR count). The van der Waals surface area contributed by atoms with Crippen molar-refractivity contribution in [2.45, 2.75) is 20.3 Å². The highest BCUT2D eigenvalue weighted by atomic mass is 19.1. The van der Waals surface area contributed by atoms with Crippen molar-refractivity contribution in [3.8, 4) is 5.75 Å². The van der Waals surface area contributed by atoms with E-state index in [4.69, 9.17) is 4.74 Å². The van der Waals surface area contributed by atoms with Gasteiger partial charge in [0.15, 0.2) is 11.6 Å². The Labute approximate surface area is 100 Å². The van der Waals surface area contributed by atoms with Crippen LogP contribution >= 0.6 is 0 Å². The van der Waals surface area contributed by atoms with Gasteiger partial charge >= 0.3 is 0 Å². The fourth-order valence-corrected chi connectivity index (χ4v) is 1.37. The van der Waals surface area contributed by atoms with Crippen LogP contribution < -0.4 is 10.1 Å². The minimum atomic E-state index is -0.498. The van der Waals surface area contributed by atoms with Crippen molar-refractivity contribution in [2.24, 2.45) is 0 Å². The summed E-state index contributed by atoms with van der Waals surface area (Å²) in [4.78, 5) is 11.6. The van der Waals surface area contributed by atoms with E-state index in [1.807, 2.05) is 13.0 Å². The summed E-state index contributed by atoms with van der Waals surface area (Å²) < 4.78 is 18.2. The molecule has 0 radical (unpaired) electrons. The molecule has 0 fully saturated rings. The van der Waals surface area contributed by atoms with Gasteiger partial charge in [0.1, 0.15) is 0 Å². The summed E-state index contributed by atoms with van der Waals surface area (Å²) in [6, 6.07) is 4.30. The van der Waals surface area contributed by atoms with Gasteiger partial charge in [-0.2, -0.15) is 0 Å². The van der Waals surface area contributed by atoms with Crippen LogP contribution in [0, 0.1) is 5.82 Å². The number of benzene rings is 1. The van der Waals surface area contributed by atoms with Gasteiger partial charge in [-0.05, 0) is 25.5 Å². The topological polar surface area (TPSA) is 38.3 Å². The highest BCUT2D eigenvalue weighted by Gasteiger charge is 2.07. The average Bonchev–Trinajstić information content (AvgIpc) is 2.29. The zero-order valence-electron chi connectivity index (χ0n) is 10.2. The van der Waals surface area contributed by atoms with Crippen molar-refractivity contribution in [3.05, 3.63) is 35.7 Å². The van der Waals surface area contributed by atoms with Gasteiger partial charge in [0.2, 0.25) is 0 Å². The third-order valence-electron chi connectivity index (χ3n) is 2.28. The highest BCUT2D eigenvalue weighted by Crippen LogP contribution is 2.20. The summed E-state index contributed by atoms with van der Waals surface area (Å²) in [7, 11) is 1.39. The first kappa shape index (κ1) is 13.2. The first-order valence-corrected chi connectivity index (χ1v) is 5.40. The van der Waals surface area contributed by atoms with E-state index < -0.39 is 5.82 Å².